The molecule has 0 saturated carbocycles. The normalized spacial score (nSPS) is 18.1. The molecule has 2 aromatic carbocycles. The lowest BCUT2D eigenvalue weighted by atomic mass is 9.95. The number of ketones is 1. The molecule has 0 radical (unpaired) electrons. The third-order valence-corrected chi connectivity index (χ3v) is 5.49. The Morgan fingerprint density at radius 3 is 2.57 bits per heavy atom. The quantitative estimate of drug-likeness (QED) is 0.383. The van der Waals surface area contributed by atoms with Gasteiger partial charge in [0.25, 0.3) is 11.7 Å². The highest BCUT2D eigenvalue weighted by molar-refractivity contribution is 6.46. The zero-order valence-electron chi connectivity index (χ0n) is 16.5. The Bertz CT molecular complexity index is 1000. The summed E-state index contributed by atoms with van der Waals surface area (Å²) in [6, 6.07) is 10.7. The molecule has 0 spiro atoms. The molecule has 30 heavy (non-hydrogen) atoms. The number of ether oxygens (including phenoxy) is 2. The molecule has 0 bridgehead atoms. The van der Waals surface area contributed by atoms with Crippen LogP contribution in [0.4, 0.5) is 0 Å². The molecule has 1 fully saturated rings. The van der Waals surface area contributed by atoms with Crippen LogP contribution in [-0.4, -0.2) is 48.6 Å². The van der Waals surface area contributed by atoms with Crippen molar-refractivity contribution in [3.63, 3.8) is 0 Å². The van der Waals surface area contributed by atoms with Crippen molar-refractivity contribution in [1.29, 1.82) is 0 Å². The lowest BCUT2D eigenvalue weighted by Gasteiger charge is -2.25. The summed E-state index contributed by atoms with van der Waals surface area (Å²) in [6.07, 6.45) is 0. The fraction of sp³-hybridized carbons (Fsp3) is 0.273. The van der Waals surface area contributed by atoms with Gasteiger partial charge >= 0.3 is 0 Å². The van der Waals surface area contributed by atoms with Crippen LogP contribution in [0.3, 0.4) is 0 Å². The first-order valence-electron chi connectivity index (χ1n) is 9.34. The van der Waals surface area contributed by atoms with Crippen LogP contribution in [0.5, 0.6) is 5.75 Å². The van der Waals surface area contributed by atoms with Crippen molar-refractivity contribution in [3.05, 3.63) is 69.2 Å². The molecule has 1 unspecified atom stereocenters. The molecule has 2 aromatic rings. The molecular formula is C22H21Cl2NO5. The maximum absolute atomic E-state index is 12.9. The van der Waals surface area contributed by atoms with E-state index in [-0.39, 0.29) is 29.5 Å². The van der Waals surface area contributed by atoms with Crippen molar-refractivity contribution in [2.45, 2.75) is 13.0 Å². The second-order valence-electron chi connectivity index (χ2n) is 6.62. The molecular weight excluding hydrogens is 429 g/mol. The zero-order chi connectivity index (χ0) is 21.8. The minimum atomic E-state index is -0.828. The summed E-state index contributed by atoms with van der Waals surface area (Å²) in [4.78, 5) is 27.0. The van der Waals surface area contributed by atoms with Gasteiger partial charge in [-0.1, -0.05) is 41.4 Å². The molecule has 0 aromatic heterocycles. The molecule has 1 atom stereocenters. The van der Waals surface area contributed by atoms with Crippen molar-refractivity contribution in [2.75, 3.05) is 26.9 Å². The van der Waals surface area contributed by atoms with E-state index in [0.717, 1.165) is 0 Å². The van der Waals surface area contributed by atoms with Crippen LogP contribution in [0.1, 0.15) is 24.1 Å². The van der Waals surface area contributed by atoms with Gasteiger partial charge in [-0.2, -0.15) is 0 Å². The van der Waals surface area contributed by atoms with Gasteiger partial charge in [-0.05, 0) is 36.8 Å². The van der Waals surface area contributed by atoms with E-state index in [1.54, 1.807) is 42.5 Å². The number of benzene rings is 2. The Morgan fingerprint density at radius 1 is 1.13 bits per heavy atom. The second kappa shape index (κ2) is 9.51. The van der Waals surface area contributed by atoms with Gasteiger partial charge in [0.2, 0.25) is 0 Å². The molecule has 3 rings (SSSR count). The van der Waals surface area contributed by atoms with E-state index in [9.17, 15) is 14.7 Å². The highest BCUT2D eigenvalue weighted by Crippen LogP contribution is 2.41. The van der Waals surface area contributed by atoms with Crippen molar-refractivity contribution < 1.29 is 24.2 Å². The Hall–Kier alpha value is -2.54. The molecule has 1 aliphatic rings. The lowest BCUT2D eigenvalue weighted by Crippen LogP contribution is -2.32. The molecule has 1 amide bonds. The average molecular weight is 450 g/mol. The first-order chi connectivity index (χ1) is 14.4. The summed E-state index contributed by atoms with van der Waals surface area (Å²) in [7, 11) is 1.50. The molecule has 6 nitrogen and oxygen atoms in total. The van der Waals surface area contributed by atoms with Crippen LogP contribution in [-0.2, 0) is 14.3 Å². The van der Waals surface area contributed by atoms with E-state index in [0.29, 0.717) is 28.5 Å². The number of nitrogens with zero attached hydrogens (tertiary/aromatic N) is 1. The predicted molar refractivity (Wildman–Crippen MR) is 115 cm³/mol. The highest BCUT2D eigenvalue weighted by atomic mass is 35.5. The van der Waals surface area contributed by atoms with Gasteiger partial charge in [0.15, 0.2) is 0 Å². The van der Waals surface area contributed by atoms with Gasteiger partial charge in [-0.25, -0.2) is 0 Å². The van der Waals surface area contributed by atoms with Crippen molar-refractivity contribution in [3.8, 4) is 5.75 Å². The second-order valence-corrected chi connectivity index (χ2v) is 7.43. The number of Topliss-reactive ketones (excluding diaryl/α,β-unsaturated/α-hetero) is 1. The maximum Gasteiger partial charge on any atom is 0.295 e. The van der Waals surface area contributed by atoms with Gasteiger partial charge in [0.05, 0.1) is 34.9 Å². The van der Waals surface area contributed by atoms with Gasteiger partial charge in [0, 0.05) is 19.2 Å². The monoisotopic (exact) mass is 449 g/mol. The molecule has 1 aliphatic heterocycles. The van der Waals surface area contributed by atoms with E-state index in [1.807, 2.05) is 6.92 Å². The summed E-state index contributed by atoms with van der Waals surface area (Å²) in [6.45, 7) is 2.69. The summed E-state index contributed by atoms with van der Waals surface area (Å²) in [5.74, 6) is -1.24. The molecule has 8 heteroatoms. The fourth-order valence-electron chi connectivity index (χ4n) is 3.38. The van der Waals surface area contributed by atoms with E-state index >= 15 is 0 Å². The third kappa shape index (κ3) is 4.31. The Labute approximate surface area is 184 Å². The van der Waals surface area contributed by atoms with Crippen LogP contribution in [0, 0.1) is 0 Å². The van der Waals surface area contributed by atoms with Crippen molar-refractivity contribution in [1.82, 2.24) is 4.90 Å². The van der Waals surface area contributed by atoms with E-state index in [4.69, 9.17) is 32.7 Å². The number of likely N-dealkylation sites (tertiary alicyclic amines) is 1. The first-order valence-corrected chi connectivity index (χ1v) is 10.1. The molecule has 158 valence electrons. The predicted octanol–water partition coefficient (Wildman–Crippen LogP) is 4.46. The average Bonchev–Trinajstić information content (AvgIpc) is 2.99. The van der Waals surface area contributed by atoms with E-state index in [2.05, 4.69) is 0 Å². The number of halogens is 2. The number of amides is 1. The molecule has 1 saturated heterocycles. The Morgan fingerprint density at radius 2 is 1.90 bits per heavy atom. The largest absolute Gasteiger partial charge is 0.507 e. The number of methoxy groups -OCH3 is 1. The number of hydrogen-bond acceptors (Lipinski definition) is 5. The van der Waals surface area contributed by atoms with Gasteiger partial charge < -0.3 is 19.5 Å². The summed E-state index contributed by atoms with van der Waals surface area (Å²) < 4.78 is 10.6. The van der Waals surface area contributed by atoms with Crippen LogP contribution < -0.4 is 4.74 Å². The summed E-state index contributed by atoms with van der Waals surface area (Å²) in [5.41, 5.74) is 0.904. The number of rotatable bonds is 7. The number of carbonyl (C=O) groups is 2. The van der Waals surface area contributed by atoms with Gasteiger partial charge in [0.1, 0.15) is 11.5 Å². The minimum absolute atomic E-state index is 0.0249. The van der Waals surface area contributed by atoms with Crippen LogP contribution in [0.15, 0.2) is 48.0 Å². The molecule has 0 aliphatic carbocycles. The highest BCUT2D eigenvalue weighted by Gasteiger charge is 2.46. The van der Waals surface area contributed by atoms with Gasteiger partial charge in [-0.15, -0.1) is 0 Å². The SMILES string of the molecule is CCOc1cccc(C(O)=C2C(=O)C(=O)N(CCOC)C2c2ccc(Cl)c(Cl)c2)c1. The molecule has 1 N–H and O–H groups in total. The number of hydrogen-bond donors (Lipinski definition) is 1. The fourth-order valence-corrected chi connectivity index (χ4v) is 3.69. The Balaban J connectivity index is 2.16. The standard InChI is InChI=1S/C22H21Cl2NO5/c1-3-30-15-6-4-5-14(11-15)20(26)18-19(13-7-8-16(23)17(24)12-13)25(9-10-29-2)22(28)21(18)27/h4-8,11-12,19,26H,3,9-10H2,1-2H3. The smallest absolute Gasteiger partial charge is 0.295 e. The zero-order valence-corrected chi connectivity index (χ0v) is 18.0. The lowest BCUT2D eigenvalue weighted by molar-refractivity contribution is -0.140. The van der Waals surface area contributed by atoms with Crippen LogP contribution in [0.2, 0.25) is 10.0 Å². The number of aliphatic hydroxyl groups is 1. The first kappa shape index (κ1) is 22.2. The maximum atomic E-state index is 12.9. The number of carbonyl (C=O) groups excluding carboxylic acids is 2. The van der Waals surface area contributed by atoms with Crippen molar-refractivity contribution >= 4 is 40.7 Å². The van der Waals surface area contributed by atoms with Crippen molar-refractivity contribution in [2.24, 2.45) is 0 Å². The van der Waals surface area contributed by atoms with Crippen LogP contribution >= 0.6 is 23.2 Å². The summed E-state index contributed by atoms with van der Waals surface area (Å²) >= 11 is 12.2. The Kier molecular flexibility index (Phi) is 7.02. The summed E-state index contributed by atoms with van der Waals surface area (Å²) in [5, 5.41) is 11.7. The molecule has 1 heterocycles. The van der Waals surface area contributed by atoms with Gasteiger partial charge in [-0.3, -0.25) is 9.59 Å². The number of aliphatic hydroxyl groups excluding tert-OH is 1. The topological polar surface area (TPSA) is 76.1 Å². The minimum Gasteiger partial charge on any atom is -0.507 e. The third-order valence-electron chi connectivity index (χ3n) is 4.75. The van der Waals surface area contributed by atoms with E-state index < -0.39 is 17.7 Å². The van der Waals surface area contributed by atoms with Crippen LogP contribution in [0.25, 0.3) is 5.76 Å². The van der Waals surface area contributed by atoms with E-state index in [1.165, 1.54) is 12.0 Å².